The van der Waals surface area contributed by atoms with Crippen molar-refractivity contribution in [1.29, 1.82) is 0 Å². The second kappa shape index (κ2) is 5.53. The fraction of sp³-hybridized carbons (Fsp3) is 0.778. The highest BCUT2D eigenvalue weighted by molar-refractivity contribution is 5.27. The van der Waals surface area contributed by atoms with E-state index in [9.17, 15) is 13.2 Å². The lowest BCUT2D eigenvalue weighted by Gasteiger charge is -2.24. The number of aromatic nitrogens is 2. The van der Waals surface area contributed by atoms with Crippen molar-refractivity contribution in [3.05, 3.63) is 5.89 Å². The Morgan fingerprint density at radius 3 is 2.67 bits per heavy atom. The van der Waals surface area contributed by atoms with Gasteiger partial charge in [-0.1, -0.05) is 0 Å². The van der Waals surface area contributed by atoms with E-state index < -0.39 is 12.7 Å². The molecule has 1 N–H and O–H groups in total. The largest absolute Gasteiger partial charge is 0.401 e. The number of nitrogens with zero attached hydrogens (tertiary/aromatic N) is 3. The van der Waals surface area contributed by atoms with Crippen molar-refractivity contribution < 1.29 is 22.4 Å². The normalized spacial score (nSPS) is 17.2. The highest BCUT2D eigenvalue weighted by Crippen LogP contribution is 2.13. The SMILES string of the molecule is FC(F)(F)CNCc1nc(N2CCOCC2)no1. The number of rotatable bonds is 4. The van der Waals surface area contributed by atoms with E-state index in [2.05, 4.69) is 15.5 Å². The van der Waals surface area contributed by atoms with Crippen LogP contribution in [0.25, 0.3) is 0 Å². The molecule has 1 aromatic rings. The standard InChI is InChI=1S/C9H13F3N4O2/c10-9(11,12)6-13-5-7-14-8(15-18-7)16-1-3-17-4-2-16/h13H,1-6H2. The van der Waals surface area contributed by atoms with Gasteiger partial charge < -0.3 is 19.5 Å². The molecule has 2 heterocycles. The fourth-order valence-corrected chi connectivity index (χ4v) is 1.52. The molecule has 0 radical (unpaired) electrons. The van der Waals surface area contributed by atoms with Crippen LogP contribution in [0.1, 0.15) is 5.89 Å². The summed E-state index contributed by atoms with van der Waals surface area (Å²) < 4.78 is 45.7. The van der Waals surface area contributed by atoms with E-state index in [1.54, 1.807) is 0 Å². The molecule has 0 atom stereocenters. The van der Waals surface area contributed by atoms with Gasteiger partial charge in [0.05, 0.1) is 26.3 Å². The number of anilines is 1. The van der Waals surface area contributed by atoms with Gasteiger partial charge >= 0.3 is 6.18 Å². The third-order valence-corrected chi connectivity index (χ3v) is 2.35. The van der Waals surface area contributed by atoms with Crippen LogP contribution in [0.15, 0.2) is 4.52 Å². The first-order chi connectivity index (χ1) is 8.54. The predicted molar refractivity (Wildman–Crippen MR) is 55.1 cm³/mol. The minimum absolute atomic E-state index is 0.100. The quantitative estimate of drug-likeness (QED) is 0.859. The average molecular weight is 266 g/mol. The fourth-order valence-electron chi connectivity index (χ4n) is 1.52. The number of hydrogen-bond donors (Lipinski definition) is 1. The van der Waals surface area contributed by atoms with Crippen LogP contribution >= 0.6 is 0 Å². The molecule has 6 nitrogen and oxygen atoms in total. The van der Waals surface area contributed by atoms with Gasteiger partial charge in [-0.25, -0.2) is 0 Å². The van der Waals surface area contributed by atoms with Crippen LogP contribution in [0.3, 0.4) is 0 Å². The zero-order valence-electron chi connectivity index (χ0n) is 9.53. The number of nitrogens with one attached hydrogen (secondary N) is 1. The van der Waals surface area contributed by atoms with Crippen LogP contribution in [0.2, 0.25) is 0 Å². The van der Waals surface area contributed by atoms with E-state index >= 15 is 0 Å². The van der Waals surface area contributed by atoms with Gasteiger partial charge in [0.2, 0.25) is 5.89 Å². The van der Waals surface area contributed by atoms with E-state index in [1.807, 2.05) is 4.90 Å². The molecule has 1 aromatic heterocycles. The lowest BCUT2D eigenvalue weighted by atomic mass is 10.4. The summed E-state index contributed by atoms with van der Waals surface area (Å²) in [7, 11) is 0. The molecule has 0 spiro atoms. The van der Waals surface area contributed by atoms with Gasteiger partial charge in [0, 0.05) is 13.1 Å². The Kier molecular flexibility index (Phi) is 4.02. The minimum Gasteiger partial charge on any atom is -0.378 e. The van der Waals surface area contributed by atoms with Crippen molar-refractivity contribution in [2.24, 2.45) is 0 Å². The molecule has 1 aliphatic rings. The van der Waals surface area contributed by atoms with Crippen LogP contribution in [0, 0.1) is 0 Å². The molecule has 0 aliphatic carbocycles. The second-order valence-electron chi connectivity index (χ2n) is 3.81. The maximum Gasteiger partial charge on any atom is 0.401 e. The van der Waals surface area contributed by atoms with Gasteiger partial charge in [0.25, 0.3) is 5.95 Å². The van der Waals surface area contributed by atoms with Crippen molar-refractivity contribution in [2.45, 2.75) is 12.7 Å². The molecule has 0 unspecified atom stereocenters. The lowest BCUT2D eigenvalue weighted by Crippen LogP contribution is -2.36. The first kappa shape index (κ1) is 13.1. The maximum absolute atomic E-state index is 11.9. The Labute approximate surface area is 101 Å². The Morgan fingerprint density at radius 1 is 1.28 bits per heavy atom. The summed E-state index contributed by atoms with van der Waals surface area (Å²) in [4.78, 5) is 5.88. The molecule has 0 aromatic carbocycles. The number of halogens is 3. The van der Waals surface area contributed by atoms with E-state index in [1.165, 1.54) is 0 Å². The van der Waals surface area contributed by atoms with E-state index in [4.69, 9.17) is 9.26 Å². The predicted octanol–water partition coefficient (Wildman–Crippen LogP) is 0.558. The molecule has 18 heavy (non-hydrogen) atoms. The van der Waals surface area contributed by atoms with Gasteiger partial charge in [-0.2, -0.15) is 18.2 Å². The van der Waals surface area contributed by atoms with E-state index in [0.29, 0.717) is 32.3 Å². The summed E-state index contributed by atoms with van der Waals surface area (Å²) in [6.45, 7) is 1.27. The highest BCUT2D eigenvalue weighted by atomic mass is 19.4. The molecule has 102 valence electrons. The lowest BCUT2D eigenvalue weighted by molar-refractivity contribution is -0.125. The van der Waals surface area contributed by atoms with Crippen molar-refractivity contribution in [2.75, 3.05) is 37.7 Å². The van der Waals surface area contributed by atoms with Crippen molar-refractivity contribution in [3.8, 4) is 0 Å². The summed E-state index contributed by atoms with van der Waals surface area (Å²) >= 11 is 0. The molecule has 1 aliphatic heterocycles. The van der Waals surface area contributed by atoms with Crippen molar-refractivity contribution in [1.82, 2.24) is 15.5 Å². The summed E-state index contributed by atoms with van der Waals surface area (Å²) in [5, 5.41) is 5.91. The zero-order chi connectivity index (χ0) is 13.0. The number of ether oxygens (including phenoxy) is 1. The smallest absolute Gasteiger partial charge is 0.378 e. The first-order valence-electron chi connectivity index (χ1n) is 5.47. The van der Waals surface area contributed by atoms with Crippen molar-refractivity contribution in [3.63, 3.8) is 0 Å². The van der Waals surface area contributed by atoms with Crippen LogP contribution < -0.4 is 10.2 Å². The summed E-state index contributed by atoms with van der Waals surface area (Å²) in [6.07, 6.45) is -4.24. The van der Waals surface area contributed by atoms with Crippen LogP contribution in [-0.2, 0) is 11.3 Å². The van der Waals surface area contributed by atoms with Gasteiger partial charge in [0.1, 0.15) is 0 Å². The van der Waals surface area contributed by atoms with Crippen LogP contribution in [-0.4, -0.2) is 49.2 Å². The number of hydrogen-bond acceptors (Lipinski definition) is 6. The highest BCUT2D eigenvalue weighted by Gasteiger charge is 2.26. The molecule has 0 amide bonds. The summed E-state index contributed by atoms with van der Waals surface area (Å²) in [5.74, 6) is 0.530. The third kappa shape index (κ3) is 3.84. The first-order valence-corrected chi connectivity index (χ1v) is 5.47. The molecule has 9 heteroatoms. The average Bonchev–Trinajstić information content (AvgIpc) is 2.77. The molecule has 0 saturated carbocycles. The summed E-state index contributed by atoms with van der Waals surface area (Å²) in [6, 6.07) is 0. The Hall–Kier alpha value is -1.35. The van der Waals surface area contributed by atoms with Gasteiger partial charge in [0.15, 0.2) is 0 Å². The zero-order valence-corrected chi connectivity index (χ0v) is 9.53. The van der Waals surface area contributed by atoms with Gasteiger partial charge in [-0.3, -0.25) is 0 Å². The van der Waals surface area contributed by atoms with Crippen molar-refractivity contribution >= 4 is 5.95 Å². The molecule has 1 saturated heterocycles. The minimum atomic E-state index is -4.24. The van der Waals surface area contributed by atoms with Gasteiger partial charge in [-0.05, 0) is 5.16 Å². The Morgan fingerprint density at radius 2 is 2.00 bits per heavy atom. The second-order valence-corrected chi connectivity index (χ2v) is 3.81. The summed E-state index contributed by atoms with van der Waals surface area (Å²) in [5.41, 5.74) is 0. The molecular formula is C9H13F3N4O2. The monoisotopic (exact) mass is 266 g/mol. The molecular weight excluding hydrogens is 253 g/mol. The molecule has 0 bridgehead atoms. The van der Waals surface area contributed by atoms with Gasteiger partial charge in [-0.15, -0.1) is 0 Å². The van der Waals surface area contributed by atoms with Crippen LogP contribution in [0.4, 0.5) is 19.1 Å². The van der Waals surface area contributed by atoms with Crippen LogP contribution in [0.5, 0.6) is 0 Å². The third-order valence-electron chi connectivity index (χ3n) is 2.35. The number of alkyl halides is 3. The topological polar surface area (TPSA) is 63.4 Å². The Balaban J connectivity index is 1.82. The number of morpholine rings is 1. The molecule has 1 fully saturated rings. The Bertz CT molecular complexity index is 376. The molecule has 2 rings (SSSR count). The van der Waals surface area contributed by atoms with E-state index in [0.717, 1.165) is 0 Å². The van der Waals surface area contributed by atoms with E-state index in [-0.39, 0.29) is 12.4 Å². The maximum atomic E-state index is 11.9.